The van der Waals surface area contributed by atoms with Gasteiger partial charge in [-0.2, -0.15) is 5.26 Å². The van der Waals surface area contributed by atoms with Crippen LogP contribution in [0.25, 0.3) is 0 Å². The Balaban J connectivity index is 2.31. The van der Waals surface area contributed by atoms with Crippen molar-refractivity contribution in [3.8, 4) is 6.07 Å². The van der Waals surface area contributed by atoms with E-state index in [4.69, 9.17) is 0 Å². The molecule has 0 bridgehead atoms. The van der Waals surface area contributed by atoms with Crippen molar-refractivity contribution in [3.05, 3.63) is 34.1 Å². The van der Waals surface area contributed by atoms with Gasteiger partial charge in [-0.15, -0.1) is 0 Å². The molecule has 1 saturated carbocycles. The van der Waals surface area contributed by atoms with E-state index < -0.39 is 11.5 Å². The first-order valence-corrected chi connectivity index (χ1v) is 7.43. The molecule has 1 N–H and O–H groups in total. The summed E-state index contributed by atoms with van der Waals surface area (Å²) >= 11 is 3.12. The summed E-state index contributed by atoms with van der Waals surface area (Å²) in [4.78, 5) is 0. The fourth-order valence-electron chi connectivity index (χ4n) is 2.81. The summed E-state index contributed by atoms with van der Waals surface area (Å²) in [6.45, 7) is 0. The lowest BCUT2D eigenvalue weighted by atomic mass is 9.74. The van der Waals surface area contributed by atoms with Crippen LogP contribution in [0, 0.1) is 22.6 Å². The fourth-order valence-corrected chi connectivity index (χ4v) is 3.20. The summed E-state index contributed by atoms with van der Waals surface area (Å²) in [5, 5.41) is 20.1. The first kappa shape index (κ1) is 14.5. The van der Waals surface area contributed by atoms with Crippen LogP contribution in [0.4, 0.5) is 4.39 Å². The van der Waals surface area contributed by atoms with Crippen LogP contribution in [-0.2, 0) is 0 Å². The Hall–Kier alpha value is -0.920. The molecule has 0 spiro atoms. The molecule has 0 aliphatic heterocycles. The quantitative estimate of drug-likeness (QED) is 0.814. The minimum absolute atomic E-state index is 0.325. The molecule has 0 amide bonds. The Morgan fingerprint density at radius 2 is 1.89 bits per heavy atom. The summed E-state index contributed by atoms with van der Waals surface area (Å²) < 4.78 is 13.6. The topological polar surface area (TPSA) is 44.0 Å². The van der Waals surface area contributed by atoms with Crippen LogP contribution in [-0.4, -0.2) is 5.11 Å². The van der Waals surface area contributed by atoms with Crippen LogP contribution in [0.15, 0.2) is 22.7 Å². The van der Waals surface area contributed by atoms with Gasteiger partial charge in [0.1, 0.15) is 5.82 Å². The van der Waals surface area contributed by atoms with Crippen LogP contribution >= 0.6 is 15.9 Å². The molecule has 1 fully saturated rings. The number of nitrogens with zero attached hydrogens (tertiary/aromatic N) is 1. The van der Waals surface area contributed by atoms with Gasteiger partial charge in [-0.3, -0.25) is 0 Å². The highest BCUT2D eigenvalue weighted by Gasteiger charge is 2.39. The number of rotatable bonds is 2. The van der Waals surface area contributed by atoms with Crippen LogP contribution in [0.2, 0.25) is 0 Å². The number of hydrogen-bond donors (Lipinski definition) is 1. The van der Waals surface area contributed by atoms with Crippen molar-refractivity contribution >= 4 is 15.9 Å². The SMILES string of the molecule is N#CC1(C(O)c2ccc(F)c(Br)c2)CCCCCC1. The lowest BCUT2D eigenvalue weighted by Crippen LogP contribution is -2.27. The standard InChI is InChI=1S/C15H17BrFNO/c16-12-9-11(5-6-13(12)17)14(19)15(10-18)7-3-1-2-4-8-15/h5-6,9,14,19H,1-4,7-8H2. The Kier molecular flexibility index (Phi) is 4.59. The van der Waals surface area contributed by atoms with E-state index in [0.29, 0.717) is 22.9 Å². The van der Waals surface area contributed by atoms with E-state index >= 15 is 0 Å². The van der Waals surface area contributed by atoms with Gasteiger partial charge in [0.05, 0.1) is 22.1 Å². The molecule has 0 aromatic heterocycles. The second-order valence-corrected chi connectivity index (χ2v) is 6.11. The maximum atomic E-state index is 13.3. The molecule has 1 aliphatic rings. The van der Waals surface area contributed by atoms with Gasteiger partial charge in [-0.25, -0.2) is 4.39 Å². The van der Waals surface area contributed by atoms with Crippen molar-refractivity contribution < 1.29 is 9.50 Å². The van der Waals surface area contributed by atoms with Gasteiger partial charge in [0, 0.05) is 0 Å². The number of nitriles is 1. The molecule has 0 radical (unpaired) electrons. The van der Waals surface area contributed by atoms with E-state index in [0.717, 1.165) is 25.7 Å². The van der Waals surface area contributed by atoms with E-state index in [2.05, 4.69) is 22.0 Å². The zero-order valence-corrected chi connectivity index (χ0v) is 12.3. The summed E-state index contributed by atoms with van der Waals surface area (Å²) in [5.41, 5.74) is -0.120. The maximum absolute atomic E-state index is 13.3. The lowest BCUT2D eigenvalue weighted by Gasteiger charge is -2.31. The predicted octanol–water partition coefficient (Wildman–Crippen LogP) is 4.49. The smallest absolute Gasteiger partial charge is 0.137 e. The molecular weight excluding hydrogens is 309 g/mol. The lowest BCUT2D eigenvalue weighted by molar-refractivity contribution is 0.0515. The monoisotopic (exact) mass is 325 g/mol. The maximum Gasteiger partial charge on any atom is 0.137 e. The fraction of sp³-hybridized carbons (Fsp3) is 0.533. The molecule has 19 heavy (non-hydrogen) atoms. The van der Waals surface area contributed by atoms with Gasteiger partial charge >= 0.3 is 0 Å². The van der Waals surface area contributed by atoms with Gasteiger partial charge in [-0.1, -0.05) is 31.7 Å². The van der Waals surface area contributed by atoms with Gasteiger partial charge in [-0.05, 0) is 46.5 Å². The summed E-state index contributed by atoms with van der Waals surface area (Å²) in [7, 11) is 0. The summed E-state index contributed by atoms with van der Waals surface area (Å²) in [6.07, 6.45) is 4.72. The minimum atomic E-state index is -0.854. The predicted molar refractivity (Wildman–Crippen MR) is 74.8 cm³/mol. The molecule has 102 valence electrons. The Bertz CT molecular complexity index is 489. The van der Waals surface area contributed by atoms with Crippen molar-refractivity contribution in [2.24, 2.45) is 5.41 Å². The van der Waals surface area contributed by atoms with E-state index in [1.807, 2.05) is 0 Å². The van der Waals surface area contributed by atoms with E-state index in [1.165, 1.54) is 6.07 Å². The highest BCUT2D eigenvalue weighted by Crippen LogP contribution is 2.45. The average Bonchev–Trinajstić information content (AvgIpc) is 2.67. The van der Waals surface area contributed by atoms with Crippen molar-refractivity contribution in [1.82, 2.24) is 0 Å². The van der Waals surface area contributed by atoms with Crippen LogP contribution < -0.4 is 0 Å². The van der Waals surface area contributed by atoms with Gasteiger partial charge in [0.25, 0.3) is 0 Å². The highest BCUT2D eigenvalue weighted by molar-refractivity contribution is 9.10. The molecule has 1 unspecified atom stereocenters. The van der Waals surface area contributed by atoms with Crippen molar-refractivity contribution in [2.75, 3.05) is 0 Å². The summed E-state index contributed by atoms with van der Waals surface area (Å²) in [6, 6.07) is 6.79. The largest absolute Gasteiger partial charge is 0.387 e. The van der Waals surface area contributed by atoms with Crippen LogP contribution in [0.1, 0.15) is 50.2 Å². The number of halogens is 2. The van der Waals surface area contributed by atoms with Crippen LogP contribution in [0.5, 0.6) is 0 Å². The van der Waals surface area contributed by atoms with Crippen molar-refractivity contribution in [3.63, 3.8) is 0 Å². The molecule has 1 atom stereocenters. The molecular formula is C15H17BrFNO. The molecule has 0 saturated heterocycles. The average molecular weight is 326 g/mol. The summed E-state index contributed by atoms with van der Waals surface area (Å²) in [5.74, 6) is -0.358. The second kappa shape index (κ2) is 6.02. The minimum Gasteiger partial charge on any atom is -0.387 e. The third-order valence-electron chi connectivity index (χ3n) is 4.00. The first-order chi connectivity index (χ1) is 9.09. The van der Waals surface area contributed by atoms with Gasteiger partial charge in [0.2, 0.25) is 0 Å². The second-order valence-electron chi connectivity index (χ2n) is 5.26. The number of hydrogen-bond acceptors (Lipinski definition) is 2. The number of benzene rings is 1. The normalized spacial score (nSPS) is 20.3. The number of aliphatic hydroxyl groups is 1. The van der Waals surface area contributed by atoms with Gasteiger partial charge < -0.3 is 5.11 Å². The third-order valence-corrected chi connectivity index (χ3v) is 4.61. The van der Waals surface area contributed by atoms with E-state index in [9.17, 15) is 14.8 Å². The molecule has 1 aromatic carbocycles. The van der Waals surface area contributed by atoms with Crippen molar-refractivity contribution in [1.29, 1.82) is 5.26 Å². The zero-order chi connectivity index (χ0) is 13.9. The number of aliphatic hydroxyl groups excluding tert-OH is 1. The first-order valence-electron chi connectivity index (χ1n) is 6.63. The highest BCUT2D eigenvalue weighted by atomic mass is 79.9. The molecule has 0 heterocycles. The Morgan fingerprint density at radius 1 is 1.26 bits per heavy atom. The third kappa shape index (κ3) is 2.98. The van der Waals surface area contributed by atoms with Crippen LogP contribution in [0.3, 0.4) is 0 Å². The molecule has 4 heteroatoms. The molecule has 2 rings (SSSR count). The Morgan fingerprint density at radius 3 is 2.42 bits per heavy atom. The van der Waals surface area contributed by atoms with Gasteiger partial charge in [0.15, 0.2) is 0 Å². The van der Waals surface area contributed by atoms with E-state index in [1.54, 1.807) is 12.1 Å². The van der Waals surface area contributed by atoms with E-state index in [-0.39, 0.29) is 5.82 Å². The zero-order valence-electron chi connectivity index (χ0n) is 10.7. The molecule has 1 aromatic rings. The van der Waals surface area contributed by atoms with Crippen molar-refractivity contribution in [2.45, 2.75) is 44.6 Å². The molecule has 1 aliphatic carbocycles. The Labute approximate surface area is 121 Å². The molecule has 2 nitrogen and oxygen atoms in total.